The monoisotopic (exact) mass is 423 g/mol. The Bertz CT molecular complexity index is 1100. The lowest BCUT2D eigenvalue weighted by molar-refractivity contribution is -0.116. The van der Waals surface area contributed by atoms with Crippen molar-refractivity contribution in [1.29, 1.82) is 0 Å². The number of anilines is 1. The first-order chi connectivity index (χ1) is 13.1. The number of carbonyl (C=O) groups is 1. The van der Waals surface area contributed by atoms with E-state index in [9.17, 15) is 4.79 Å². The van der Waals surface area contributed by atoms with Crippen molar-refractivity contribution in [2.75, 3.05) is 5.32 Å². The number of hydrogen-bond acceptors (Lipinski definition) is 3. The Morgan fingerprint density at radius 3 is 2.74 bits per heavy atom. The van der Waals surface area contributed by atoms with Gasteiger partial charge in [-0.3, -0.25) is 10.1 Å². The highest BCUT2D eigenvalue weighted by Gasteiger charge is 2.11. The lowest BCUT2D eigenvalue weighted by Gasteiger charge is -2.07. The van der Waals surface area contributed by atoms with Gasteiger partial charge in [0.25, 0.3) is 0 Å². The van der Waals surface area contributed by atoms with Crippen LogP contribution in [0.1, 0.15) is 11.3 Å². The van der Waals surface area contributed by atoms with Gasteiger partial charge >= 0.3 is 0 Å². The first kappa shape index (κ1) is 17.5. The van der Waals surface area contributed by atoms with Gasteiger partial charge in [0.2, 0.25) is 11.9 Å². The standard InChI is InChI=1S/C20H18BrN5O/c1-14-10-16-4-2-3-5-18(16)26(14)12-19(27)23-20-22-13-25(24-20)11-15-6-8-17(21)9-7-15/h2-10,13H,11-12H2,1H3,(H,23,24,27). The first-order valence-corrected chi connectivity index (χ1v) is 9.36. The summed E-state index contributed by atoms with van der Waals surface area (Å²) in [5.41, 5.74) is 3.19. The molecule has 1 amide bonds. The van der Waals surface area contributed by atoms with Crippen LogP contribution in [0.4, 0.5) is 5.95 Å². The average Bonchev–Trinajstić information content (AvgIpc) is 3.21. The van der Waals surface area contributed by atoms with Crippen molar-refractivity contribution in [3.05, 3.63) is 76.7 Å². The average molecular weight is 424 g/mol. The summed E-state index contributed by atoms with van der Waals surface area (Å²) in [7, 11) is 0. The van der Waals surface area contributed by atoms with Gasteiger partial charge in [-0.2, -0.15) is 0 Å². The van der Waals surface area contributed by atoms with Crippen LogP contribution >= 0.6 is 15.9 Å². The normalized spacial score (nSPS) is 11.0. The summed E-state index contributed by atoms with van der Waals surface area (Å²) in [6.07, 6.45) is 1.62. The van der Waals surface area contributed by atoms with E-state index in [1.54, 1.807) is 11.0 Å². The molecule has 7 heteroatoms. The largest absolute Gasteiger partial charge is 0.335 e. The number of fused-ring (bicyclic) bond motifs is 1. The lowest BCUT2D eigenvalue weighted by Crippen LogP contribution is -2.20. The van der Waals surface area contributed by atoms with Crippen LogP contribution in [0.3, 0.4) is 0 Å². The van der Waals surface area contributed by atoms with Crippen LogP contribution < -0.4 is 5.32 Å². The Kier molecular flexibility index (Phi) is 4.77. The Morgan fingerprint density at radius 2 is 1.93 bits per heavy atom. The maximum Gasteiger partial charge on any atom is 0.248 e. The van der Waals surface area contributed by atoms with Gasteiger partial charge in [0.15, 0.2) is 0 Å². The molecule has 0 saturated carbocycles. The van der Waals surface area contributed by atoms with Gasteiger partial charge in [0, 0.05) is 15.7 Å². The minimum Gasteiger partial charge on any atom is -0.335 e. The van der Waals surface area contributed by atoms with Gasteiger partial charge in [-0.15, -0.1) is 5.10 Å². The zero-order chi connectivity index (χ0) is 18.8. The van der Waals surface area contributed by atoms with E-state index in [1.807, 2.05) is 60.0 Å². The van der Waals surface area contributed by atoms with Crippen molar-refractivity contribution < 1.29 is 4.79 Å². The minimum atomic E-state index is -0.152. The molecule has 4 aromatic rings. The van der Waals surface area contributed by atoms with Crippen LogP contribution in [0.15, 0.2) is 65.4 Å². The molecule has 0 fully saturated rings. The number of nitrogens with one attached hydrogen (secondary N) is 1. The Morgan fingerprint density at radius 1 is 1.15 bits per heavy atom. The molecule has 0 radical (unpaired) electrons. The third kappa shape index (κ3) is 3.93. The summed E-state index contributed by atoms with van der Waals surface area (Å²) in [5, 5.41) is 8.24. The zero-order valence-corrected chi connectivity index (χ0v) is 16.3. The fraction of sp³-hybridized carbons (Fsp3) is 0.150. The number of rotatable bonds is 5. The second-order valence-corrected chi connectivity index (χ2v) is 7.29. The predicted octanol–water partition coefficient (Wildman–Crippen LogP) is 3.99. The molecular formula is C20H18BrN5O. The number of aryl methyl sites for hydroxylation is 1. The number of carbonyl (C=O) groups excluding carboxylic acids is 1. The topological polar surface area (TPSA) is 64.7 Å². The van der Waals surface area contributed by atoms with E-state index in [2.05, 4.69) is 37.4 Å². The second-order valence-electron chi connectivity index (χ2n) is 6.37. The molecule has 0 atom stereocenters. The van der Waals surface area contributed by atoms with Crippen molar-refractivity contribution in [2.45, 2.75) is 20.0 Å². The lowest BCUT2D eigenvalue weighted by atomic mass is 10.2. The molecular weight excluding hydrogens is 406 g/mol. The molecule has 0 saturated heterocycles. The van der Waals surface area contributed by atoms with Crippen molar-refractivity contribution in [3.8, 4) is 0 Å². The maximum absolute atomic E-state index is 12.5. The molecule has 2 aromatic heterocycles. The third-order valence-corrected chi connectivity index (χ3v) is 4.89. The summed E-state index contributed by atoms with van der Waals surface area (Å²) >= 11 is 3.42. The molecule has 27 heavy (non-hydrogen) atoms. The van der Waals surface area contributed by atoms with E-state index in [0.29, 0.717) is 12.5 Å². The van der Waals surface area contributed by atoms with Gasteiger partial charge in [0.05, 0.1) is 6.54 Å². The first-order valence-electron chi connectivity index (χ1n) is 8.57. The van der Waals surface area contributed by atoms with E-state index in [1.165, 1.54) is 0 Å². The highest BCUT2D eigenvalue weighted by atomic mass is 79.9. The van der Waals surface area contributed by atoms with Crippen LogP contribution in [0.2, 0.25) is 0 Å². The molecule has 0 aliphatic rings. The molecule has 6 nitrogen and oxygen atoms in total. The molecule has 0 unspecified atom stereocenters. The van der Waals surface area contributed by atoms with Gasteiger partial charge in [-0.1, -0.05) is 46.3 Å². The number of nitrogens with zero attached hydrogens (tertiary/aromatic N) is 4. The molecule has 2 aromatic carbocycles. The highest BCUT2D eigenvalue weighted by Crippen LogP contribution is 2.19. The number of amides is 1. The number of para-hydroxylation sites is 1. The van der Waals surface area contributed by atoms with E-state index in [4.69, 9.17) is 0 Å². The van der Waals surface area contributed by atoms with Crippen LogP contribution in [-0.4, -0.2) is 25.2 Å². The number of benzene rings is 2. The number of halogens is 1. The summed E-state index contributed by atoms with van der Waals surface area (Å²) in [6.45, 7) is 2.82. The second kappa shape index (κ2) is 7.36. The predicted molar refractivity (Wildman–Crippen MR) is 109 cm³/mol. The maximum atomic E-state index is 12.5. The molecule has 2 heterocycles. The van der Waals surface area contributed by atoms with E-state index in [0.717, 1.165) is 26.6 Å². The summed E-state index contributed by atoms with van der Waals surface area (Å²) < 4.78 is 4.73. The van der Waals surface area contributed by atoms with Crippen molar-refractivity contribution >= 4 is 38.7 Å². The third-order valence-electron chi connectivity index (χ3n) is 4.36. The van der Waals surface area contributed by atoms with E-state index >= 15 is 0 Å². The van der Waals surface area contributed by atoms with Crippen LogP contribution in [0.5, 0.6) is 0 Å². The van der Waals surface area contributed by atoms with Crippen LogP contribution in [0, 0.1) is 6.92 Å². The van der Waals surface area contributed by atoms with Crippen molar-refractivity contribution in [3.63, 3.8) is 0 Å². The smallest absolute Gasteiger partial charge is 0.248 e. The Balaban J connectivity index is 1.43. The van der Waals surface area contributed by atoms with Crippen LogP contribution in [0.25, 0.3) is 10.9 Å². The molecule has 0 bridgehead atoms. The molecule has 0 spiro atoms. The fourth-order valence-corrected chi connectivity index (χ4v) is 3.34. The Labute approximate surface area is 165 Å². The highest BCUT2D eigenvalue weighted by molar-refractivity contribution is 9.10. The van der Waals surface area contributed by atoms with Gasteiger partial charge in [-0.25, -0.2) is 9.67 Å². The fourth-order valence-electron chi connectivity index (χ4n) is 3.07. The van der Waals surface area contributed by atoms with Crippen LogP contribution in [-0.2, 0) is 17.9 Å². The van der Waals surface area contributed by atoms with Crippen molar-refractivity contribution in [1.82, 2.24) is 19.3 Å². The molecule has 0 aliphatic carbocycles. The number of aromatic nitrogens is 4. The molecule has 4 rings (SSSR count). The number of hydrogen-bond donors (Lipinski definition) is 1. The minimum absolute atomic E-state index is 0.152. The summed E-state index contributed by atoms with van der Waals surface area (Å²) in [4.78, 5) is 16.6. The zero-order valence-electron chi connectivity index (χ0n) is 14.8. The Hall–Kier alpha value is -2.93. The van der Waals surface area contributed by atoms with Crippen molar-refractivity contribution in [2.24, 2.45) is 0 Å². The summed E-state index contributed by atoms with van der Waals surface area (Å²) in [5.74, 6) is 0.159. The molecule has 0 aliphatic heterocycles. The summed E-state index contributed by atoms with van der Waals surface area (Å²) in [6, 6.07) is 18.1. The van der Waals surface area contributed by atoms with Gasteiger partial charge in [-0.05, 0) is 42.1 Å². The van der Waals surface area contributed by atoms with Gasteiger partial charge < -0.3 is 4.57 Å². The SMILES string of the molecule is Cc1cc2ccccc2n1CC(=O)Nc1ncn(Cc2ccc(Br)cc2)n1. The van der Waals surface area contributed by atoms with E-state index in [-0.39, 0.29) is 12.5 Å². The molecule has 136 valence electrons. The quantitative estimate of drug-likeness (QED) is 0.527. The molecule has 1 N–H and O–H groups in total. The van der Waals surface area contributed by atoms with E-state index < -0.39 is 0 Å². The van der Waals surface area contributed by atoms with Gasteiger partial charge in [0.1, 0.15) is 12.9 Å².